The van der Waals surface area contributed by atoms with E-state index in [4.69, 9.17) is 4.74 Å². The number of carbonyl (C=O) groups excluding carboxylic acids is 1. The van der Waals surface area contributed by atoms with Crippen molar-refractivity contribution in [1.29, 1.82) is 0 Å². The van der Waals surface area contributed by atoms with Crippen molar-refractivity contribution >= 4 is 5.91 Å². The average Bonchev–Trinajstić information content (AvgIpc) is 2.29. The van der Waals surface area contributed by atoms with Crippen molar-refractivity contribution in [3.63, 3.8) is 0 Å². The minimum Gasteiger partial charge on any atom is -0.378 e. The van der Waals surface area contributed by atoms with Crippen LogP contribution in [0.25, 0.3) is 0 Å². The molecule has 1 unspecified atom stereocenters. The van der Waals surface area contributed by atoms with Gasteiger partial charge in [0.05, 0.1) is 13.2 Å². The highest BCUT2D eigenvalue weighted by atomic mass is 16.5. The molecule has 1 rings (SSSR count). The van der Waals surface area contributed by atoms with Crippen molar-refractivity contribution in [3.8, 4) is 0 Å². The Morgan fingerprint density at radius 1 is 1.47 bits per heavy atom. The molecule has 1 heterocycles. The Bertz CT molecular complexity index is 191. The molecule has 88 valence electrons. The summed E-state index contributed by atoms with van der Waals surface area (Å²) in [5.41, 5.74) is 0. The Morgan fingerprint density at radius 3 is 2.73 bits per heavy atom. The van der Waals surface area contributed by atoms with Gasteiger partial charge in [0, 0.05) is 32.1 Å². The van der Waals surface area contributed by atoms with Crippen LogP contribution < -0.4 is 5.32 Å². The Balaban J connectivity index is 2.12. The van der Waals surface area contributed by atoms with Gasteiger partial charge in [-0.15, -0.1) is 0 Å². The van der Waals surface area contributed by atoms with E-state index in [1.165, 1.54) is 0 Å². The van der Waals surface area contributed by atoms with Crippen LogP contribution in [-0.4, -0.2) is 49.7 Å². The highest BCUT2D eigenvalue weighted by Crippen LogP contribution is 1.99. The maximum Gasteiger partial charge on any atom is 0.224 e. The van der Waals surface area contributed by atoms with Crippen molar-refractivity contribution in [2.24, 2.45) is 0 Å². The number of carbonyl (C=O) groups is 1. The normalized spacial score (nSPS) is 18.9. The Labute approximate surface area is 92.0 Å². The van der Waals surface area contributed by atoms with Crippen LogP contribution in [0.4, 0.5) is 0 Å². The van der Waals surface area contributed by atoms with Crippen LogP contribution in [0.3, 0.4) is 0 Å². The molecule has 1 saturated heterocycles. The van der Waals surface area contributed by atoms with E-state index in [0.717, 1.165) is 26.1 Å². The van der Waals surface area contributed by atoms with Gasteiger partial charge in [-0.05, 0) is 13.3 Å². The lowest BCUT2D eigenvalue weighted by molar-refractivity contribution is -0.135. The zero-order chi connectivity index (χ0) is 11.1. The largest absolute Gasteiger partial charge is 0.378 e. The zero-order valence-electron chi connectivity index (χ0n) is 9.79. The molecule has 0 bridgehead atoms. The number of nitrogens with one attached hydrogen (secondary N) is 1. The molecular formula is C11H22N2O2. The summed E-state index contributed by atoms with van der Waals surface area (Å²) >= 11 is 0. The quantitative estimate of drug-likeness (QED) is 0.729. The molecule has 1 aliphatic rings. The molecule has 15 heavy (non-hydrogen) atoms. The van der Waals surface area contributed by atoms with E-state index in [1.54, 1.807) is 0 Å². The van der Waals surface area contributed by atoms with E-state index < -0.39 is 0 Å². The lowest BCUT2D eigenvalue weighted by Crippen LogP contribution is -2.42. The minimum absolute atomic E-state index is 0.245. The van der Waals surface area contributed by atoms with Crippen LogP contribution in [0.2, 0.25) is 0 Å². The van der Waals surface area contributed by atoms with Crippen molar-refractivity contribution in [1.82, 2.24) is 10.2 Å². The number of ether oxygens (including phenoxy) is 1. The first-order valence-electron chi connectivity index (χ1n) is 5.83. The van der Waals surface area contributed by atoms with Crippen molar-refractivity contribution < 1.29 is 9.53 Å². The SMILES string of the molecule is CCC(C)NCCC(=O)N1CCOCC1. The molecule has 0 saturated carbocycles. The Morgan fingerprint density at radius 2 is 2.13 bits per heavy atom. The number of morpholine rings is 1. The molecule has 1 aliphatic heterocycles. The number of nitrogens with zero attached hydrogens (tertiary/aromatic N) is 1. The van der Waals surface area contributed by atoms with Crippen molar-refractivity contribution in [2.45, 2.75) is 32.7 Å². The van der Waals surface area contributed by atoms with E-state index in [9.17, 15) is 4.79 Å². The van der Waals surface area contributed by atoms with Crippen LogP contribution in [0.5, 0.6) is 0 Å². The second kappa shape index (κ2) is 6.80. The molecule has 0 spiro atoms. The fraction of sp³-hybridized carbons (Fsp3) is 0.909. The van der Waals surface area contributed by atoms with Gasteiger partial charge < -0.3 is 15.0 Å². The number of hydrogen-bond acceptors (Lipinski definition) is 3. The van der Waals surface area contributed by atoms with Crippen molar-refractivity contribution in [2.75, 3.05) is 32.8 Å². The van der Waals surface area contributed by atoms with Crippen LogP contribution in [0.1, 0.15) is 26.7 Å². The number of rotatable bonds is 5. The number of amides is 1. The molecule has 0 radical (unpaired) electrons. The van der Waals surface area contributed by atoms with Crippen molar-refractivity contribution in [3.05, 3.63) is 0 Å². The molecule has 0 aromatic heterocycles. The third kappa shape index (κ3) is 4.62. The standard InChI is InChI=1S/C11H22N2O2/c1-3-10(2)12-5-4-11(14)13-6-8-15-9-7-13/h10,12H,3-9H2,1-2H3. The smallest absolute Gasteiger partial charge is 0.224 e. The van der Waals surface area contributed by atoms with Gasteiger partial charge in [-0.2, -0.15) is 0 Å². The van der Waals surface area contributed by atoms with Crippen LogP contribution in [-0.2, 0) is 9.53 Å². The zero-order valence-corrected chi connectivity index (χ0v) is 9.79. The summed E-state index contributed by atoms with van der Waals surface area (Å²) in [6.45, 7) is 7.94. The van der Waals surface area contributed by atoms with Gasteiger partial charge in [-0.3, -0.25) is 4.79 Å². The summed E-state index contributed by atoms with van der Waals surface area (Å²) in [4.78, 5) is 13.6. The lowest BCUT2D eigenvalue weighted by atomic mass is 10.2. The molecule has 1 fully saturated rings. The maximum atomic E-state index is 11.7. The van der Waals surface area contributed by atoms with Gasteiger partial charge in [0.1, 0.15) is 0 Å². The second-order valence-corrected chi connectivity index (χ2v) is 4.01. The third-order valence-corrected chi connectivity index (χ3v) is 2.81. The summed E-state index contributed by atoms with van der Waals surface area (Å²) in [6.07, 6.45) is 1.70. The van der Waals surface area contributed by atoms with Gasteiger partial charge >= 0.3 is 0 Å². The van der Waals surface area contributed by atoms with Gasteiger partial charge in [0.15, 0.2) is 0 Å². The first-order valence-corrected chi connectivity index (χ1v) is 5.83. The summed E-state index contributed by atoms with van der Waals surface area (Å²) in [7, 11) is 0. The molecule has 0 aromatic carbocycles. The minimum atomic E-state index is 0.245. The highest BCUT2D eigenvalue weighted by molar-refractivity contribution is 5.76. The molecule has 0 aliphatic carbocycles. The van der Waals surface area contributed by atoms with E-state index in [-0.39, 0.29) is 5.91 Å². The predicted molar refractivity (Wildman–Crippen MR) is 59.8 cm³/mol. The summed E-state index contributed by atoms with van der Waals surface area (Å²) < 4.78 is 5.20. The molecule has 1 amide bonds. The highest BCUT2D eigenvalue weighted by Gasteiger charge is 2.15. The molecule has 4 heteroatoms. The molecule has 1 N–H and O–H groups in total. The maximum absolute atomic E-state index is 11.7. The van der Waals surface area contributed by atoms with Gasteiger partial charge in [-0.1, -0.05) is 6.92 Å². The van der Waals surface area contributed by atoms with Gasteiger partial charge in [0.2, 0.25) is 5.91 Å². The lowest BCUT2D eigenvalue weighted by Gasteiger charge is -2.27. The molecular weight excluding hydrogens is 192 g/mol. The van der Waals surface area contributed by atoms with Gasteiger partial charge in [-0.25, -0.2) is 0 Å². The summed E-state index contributed by atoms with van der Waals surface area (Å²) in [5.74, 6) is 0.245. The molecule has 0 aromatic rings. The van der Waals surface area contributed by atoms with Crippen LogP contribution >= 0.6 is 0 Å². The van der Waals surface area contributed by atoms with Gasteiger partial charge in [0.25, 0.3) is 0 Å². The predicted octanol–water partition coefficient (Wildman–Crippen LogP) is 0.623. The summed E-state index contributed by atoms with van der Waals surface area (Å²) in [5, 5.41) is 3.32. The first kappa shape index (κ1) is 12.5. The monoisotopic (exact) mass is 214 g/mol. The number of hydrogen-bond donors (Lipinski definition) is 1. The van der Waals surface area contributed by atoms with E-state index in [1.807, 2.05) is 4.90 Å². The van der Waals surface area contributed by atoms with Crippen LogP contribution in [0, 0.1) is 0 Å². The second-order valence-electron chi connectivity index (χ2n) is 4.01. The first-order chi connectivity index (χ1) is 7.24. The van der Waals surface area contributed by atoms with E-state index >= 15 is 0 Å². The van der Waals surface area contributed by atoms with E-state index in [2.05, 4.69) is 19.2 Å². The molecule has 1 atom stereocenters. The Kier molecular flexibility index (Phi) is 5.65. The fourth-order valence-electron chi connectivity index (χ4n) is 1.54. The van der Waals surface area contributed by atoms with Crippen LogP contribution in [0.15, 0.2) is 0 Å². The fourth-order valence-corrected chi connectivity index (χ4v) is 1.54. The molecule has 4 nitrogen and oxygen atoms in total. The summed E-state index contributed by atoms with van der Waals surface area (Å²) in [6, 6.07) is 0.502. The average molecular weight is 214 g/mol. The Hall–Kier alpha value is -0.610. The third-order valence-electron chi connectivity index (χ3n) is 2.81. The van der Waals surface area contributed by atoms with E-state index in [0.29, 0.717) is 25.7 Å². The topological polar surface area (TPSA) is 41.6 Å².